The zero-order chi connectivity index (χ0) is 23.2. The van der Waals surface area contributed by atoms with Crippen LogP contribution in [0, 0.1) is 0 Å². The largest absolute Gasteiger partial charge is 0.294 e. The summed E-state index contributed by atoms with van der Waals surface area (Å²) in [7, 11) is 0. The molecule has 0 unspecified atom stereocenters. The molecule has 7 aromatic rings. The molecule has 164 valence electrons. The first-order valence-corrected chi connectivity index (χ1v) is 11.8. The molecule has 0 bridgehead atoms. The molecule has 0 N–H and O–H groups in total. The predicted octanol–water partition coefficient (Wildman–Crippen LogP) is 8.56. The van der Waals surface area contributed by atoms with Crippen LogP contribution >= 0.6 is 0 Å². The van der Waals surface area contributed by atoms with Gasteiger partial charge in [0.15, 0.2) is 0 Å². The number of aromatic nitrogens is 2. The molecule has 0 aliphatic carbocycles. The van der Waals surface area contributed by atoms with E-state index in [0.717, 1.165) is 39.0 Å². The number of hydrogen-bond donors (Lipinski definition) is 0. The molecular weight excluding hydrogens is 426 g/mol. The smallest absolute Gasteiger partial charge is 0.138 e. The van der Waals surface area contributed by atoms with Crippen LogP contribution in [0.3, 0.4) is 0 Å². The van der Waals surface area contributed by atoms with Gasteiger partial charge in [-0.2, -0.15) is 0 Å². The summed E-state index contributed by atoms with van der Waals surface area (Å²) in [6.07, 6.45) is 1.84. The van der Waals surface area contributed by atoms with E-state index in [1.54, 1.807) is 0 Å². The lowest BCUT2D eigenvalue weighted by Crippen LogP contribution is -2.12. The minimum absolute atomic E-state index is 0.863. The fourth-order valence-corrected chi connectivity index (χ4v) is 4.95. The van der Waals surface area contributed by atoms with Crippen molar-refractivity contribution in [3.63, 3.8) is 0 Å². The number of fused-ring (bicyclic) bond motifs is 5. The zero-order valence-electron chi connectivity index (χ0n) is 19.0. The Morgan fingerprint density at radius 2 is 1.17 bits per heavy atom. The fourth-order valence-electron chi connectivity index (χ4n) is 4.95. The van der Waals surface area contributed by atoms with E-state index in [-0.39, 0.29) is 0 Å². The van der Waals surface area contributed by atoms with Gasteiger partial charge in [-0.15, -0.1) is 0 Å². The van der Waals surface area contributed by atoms with Crippen molar-refractivity contribution in [3.05, 3.63) is 128 Å². The molecule has 3 heteroatoms. The van der Waals surface area contributed by atoms with Gasteiger partial charge >= 0.3 is 0 Å². The molecule has 0 atom stereocenters. The molecule has 0 saturated heterocycles. The van der Waals surface area contributed by atoms with Gasteiger partial charge in [-0.05, 0) is 52.6 Å². The molecule has 5 aromatic carbocycles. The average molecular weight is 448 g/mol. The summed E-state index contributed by atoms with van der Waals surface area (Å²) in [6.45, 7) is 0. The van der Waals surface area contributed by atoms with Crippen LogP contribution in [-0.4, -0.2) is 9.97 Å². The molecule has 3 nitrogen and oxygen atoms in total. The highest BCUT2D eigenvalue weighted by molar-refractivity contribution is 6.04. The predicted molar refractivity (Wildman–Crippen MR) is 147 cm³/mol. The standard InChI is InChI=1S/C32H21N3/c1-2-9-26-21-27(18-16-22(26)7-1)35(29-13-5-10-23-8-3-4-12-28(23)29)30-19-17-25-15-14-24-11-6-20-33-31(24)32(25)34-30/h1-21H. The highest BCUT2D eigenvalue weighted by Gasteiger charge is 2.18. The summed E-state index contributed by atoms with van der Waals surface area (Å²) in [5.74, 6) is 0.863. The van der Waals surface area contributed by atoms with Crippen molar-refractivity contribution in [1.29, 1.82) is 0 Å². The van der Waals surface area contributed by atoms with E-state index >= 15 is 0 Å². The molecule has 0 spiro atoms. The number of pyridine rings is 2. The average Bonchev–Trinajstić information content (AvgIpc) is 2.93. The maximum Gasteiger partial charge on any atom is 0.138 e. The minimum atomic E-state index is 0.863. The van der Waals surface area contributed by atoms with Crippen molar-refractivity contribution in [2.45, 2.75) is 0 Å². The molecule has 2 heterocycles. The third-order valence-corrected chi connectivity index (χ3v) is 6.65. The fraction of sp³-hybridized carbons (Fsp3) is 0. The number of nitrogens with zero attached hydrogens (tertiary/aromatic N) is 3. The van der Waals surface area contributed by atoms with E-state index in [1.165, 1.54) is 21.5 Å². The number of hydrogen-bond acceptors (Lipinski definition) is 3. The first-order chi connectivity index (χ1) is 17.3. The number of rotatable bonds is 3. The highest BCUT2D eigenvalue weighted by Crippen LogP contribution is 2.39. The first kappa shape index (κ1) is 19.7. The second-order valence-corrected chi connectivity index (χ2v) is 8.75. The first-order valence-electron chi connectivity index (χ1n) is 11.8. The number of anilines is 3. The SMILES string of the molecule is c1ccc2cc(N(c3ccc4ccc5cccnc5c4n3)c3cccc4ccccc34)ccc2c1. The topological polar surface area (TPSA) is 29.0 Å². The van der Waals surface area contributed by atoms with Crippen molar-refractivity contribution < 1.29 is 0 Å². The summed E-state index contributed by atoms with van der Waals surface area (Å²) in [5.41, 5.74) is 3.99. The quantitative estimate of drug-likeness (QED) is 0.254. The van der Waals surface area contributed by atoms with Gasteiger partial charge in [-0.1, -0.05) is 84.9 Å². The van der Waals surface area contributed by atoms with Crippen LogP contribution in [0.25, 0.3) is 43.4 Å². The second-order valence-electron chi connectivity index (χ2n) is 8.75. The third-order valence-electron chi connectivity index (χ3n) is 6.65. The lowest BCUT2D eigenvalue weighted by molar-refractivity contribution is 1.22. The Morgan fingerprint density at radius 1 is 0.486 bits per heavy atom. The normalized spacial score (nSPS) is 11.4. The monoisotopic (exact) mass is 447 g/mol. The molecule has 0 amide bonds. The van der Waals surface area contributed by atoms with E-state index in [1.807, 2.05) is 12.3 Å². The molecule has 0 saturated carbocycles. The van der Waals surface area contributed by atoms with Gasteiger partial charge in [0.25, 0.3) is 0 Å². The van der Waals surface area contributed by atoms with Gasteiger partial charge in [0.05, 0.1) is 16.7 Å². The van der Waals surface area contributed by atoms with Crippen LogP contribution in [0.15, 0.2) is 128 Å². The molecule has 35 heavy (non-hydrogen) atoms. The van der Waals surface area contributed by atoms with Crippen molar-refractivity contribution in [3.8, 4) is 0 Å². The summed E-state index contributed by atoms with van der Waals surface area (Å²) < 4.78 is 0. The van der Waals surface area contributed by atoms with E-state index in [0.29, 0.717) is 0 Å². The van der Waals surface area contributed by atoms with Gasteiger partial charge < -0.3 is 0 Å². The van der Waals surface area contributed by atoms with Gasteiger partial charge in [0, 0.05) is 28.0 Å². The number of benzene rings is 5. The van der Waals surface area contributed by atoms with Crippen molar-refractivity contribution in [2.75, 3.05) is 4.90 Å². The summed E-state index contributed by atoms with van der Waals surface area (Å²) >= 11 is 0. The molecule has 0 radical (unpaired) electrons. The van der Waals surface area contributed by atoms with Crippen LogP contribution in [0.1, 0.15) is 0 Å². The Balaban J connectivity index is 1.53. The van der Waals surface area contributed by atoms with E-state index in [4.69, 9.17) is 4.98 Å². The Morgan fingerprint density at radius 3 is 2.09 bits per heavy atom. The molecule has 0 fully saturated rings. The Hall–Kier alpha value is -4.76. The van der Waals surface area contributed by atoms with E-state index < -0.39 is 0 Å². The molecule has 7 rings (SSSR count). The lowest BCUT2D eigenvalue weighted by Gasteiger charge is -2.26. The van der Waals surface area contributed by atoms with Gasteiger partial charge in [0.2, 0.25) is 0 Å². The summed E-state index contributed by atoms with van der Waals surface area (Å²) in [6, 6.07) is 42.5. The Kier molecular flexibility index (Phi) is 4.46. The third kappa shape index (κ3) is 3.29. The molecule has 0 aliphatic rings. The molecule has 2 aromatic heterocycles. The second kappa shape index (κ2) is 7.93. The zero-order valence-corrected chi connectivity index (χ0v) is 19.0. The lowest BCUT2D eigenvalue weighted by atomic mass is 10.1. The molecular formula is C32H21N3. The Bertz CT molecular complexity index is 1870. The van der Waals surface area contributed by atoms with Crippen molar-refractivity contribution >= 4 is 60.5 Å². The minimum Gasteiger partial charge on any atom is -0.294 e. The van der Waals surface area contributed by atoms with Crippen LogP contribution in [-0.2, 0) is 0 Å². The van der Waals surface area contributed by atoms with Crippen molar-refractivity contribution in [1.82, 2.24) is 9.97 Å². The summed E-state index contributed by atoms with van der Waals surface area (Å²) in [5, 5.41) is 6.96. The van der Waals surface area contributed by atoms with Crippen LogP contribution in [0.5, 0.6) is 0 Å². The van der Waals surface area contributed by atoms with E-state index in [2.05, 4.69) is 125 Å². The van der Waals surface area contributed by atoms with Crippen LogP contribution in [0.2, 0.25) is 0 Å². The van der Waals surface area contributed by atoms with Crippen LogP contribution < -0.4 is 4.90 Å². The summed E-state index contributed by atoms with van der Waals surface area (Å²) in [4.78, 5) is 12.1. The maximum absolute atomic E-state index is 5.21. The van der Waals surface area contributed by atoms with Gasteiger partial charge in [-0.3, -0.25) is 9.88 Å². The van der Waals surface area contributed by atoms with Crippen molar-refractivity contribution in [2.24, 2.45) is 0 Å². The van der Waals surface area contributed by atoms with E-state index in [9.17, 15) is 0 Å². The Labute approximate surface area is 202 Å². The maximum atomic E-state index is 5.21. The van der Waals surface area contributed by atoms with Gasteiger partial charge in [-0.25, -0.2) is 4.98 Å². The van der Waals surface area contributed by atoms with Crippen LogP contribution in [0.4, 0.5) is 17.2 Å². The van der Waals surface area contributed by atoms with Gasteiger partial charge in [0.1, 0.15) is 5.82 Å². The molecule has 0 aliphatic heterocycles. The highest BCUT2D eigenvalue weighted by atomic mass is 15.2.